The first kappa shape index (κ1) is 10.2. The number of hydrazine groups is 1. The number of aromatic hydroxyl groups is 1. The molecule has 0 spiro atoms. The van der Waals surface area contributed by atoms with Crippen LogP contribution in [0.2, 0.25) is 0 Å². The lowest BCUT2D eigenvalue weighted by atomic mass is 10.3. The third-order valence-corrected chi connectivity index (χ3v) is 1.16. The van der Waals surface area contributed by atoms with Crippen LogP contribution in [0, 0.1) is 0 Å². The quantitative estimate of drug-likeness (QED) is 0.443. The Morgan fingerprint density at radius 3 is 2.91 bits per heavy atom. The van der Waals surface area contributed by atoms with E-state index in [0.717, 1.165) is 0 Å². The standard InChI is InChI=1S/C6H9N3O.ClH/c7-9-4-5-2-1-3-8-6(5)10;/h1-3,9H,4,7H2,(H,8,10);1H. The van der Waals surface area contributed by atoms with Gasteiger partial charge in [0, 0.05) is 18.3 Å². The summed E-state index contributed by atoms with van der Waals surface area (Å²) >= 11 is 0. The molecule has 11 heavy (non-hydrogen) atoms. The van der Waals surface area contributed by atoms with Crippen LogP contribution in [0.5, 0.6) is 5.88 Å². The zero-order valence-electron chi connectivity index (χ0n) is 5.82. The molecular formula is C6H10ClN3O. The molecule has 0 fully saturated rings. The minimum atomic E-state index is 0. The van der Waals surface area contributed by atoms with Gasteiger partial charge < -0.3 is 5.11 Å². The maximum Gasteiger partial charge on any atom is 0.215 e. The Morgan fingerprint density at radius 2 is 2.36 bits per heavy atom. The number of aromatic nitrogens is 1. The summed E-state index contributed by atoms with van der Waals surface area (Å²) in [5, 5.41) is 9.03. The van der Waals surface area contributed by atoms with E-state index < -0.39 is 0 Å². The third kappa shape index (κ3) is 2.71. The highest BCUT2D eigenvalue weighted by Crippen LogP contribution is 2.09. The summed E-state index contributed by atoms with van der Waals surface area (Å²) in [6, 6.07) is 3.49. The van der Waals surface area contributed by atoms with Crippen molar-refractivity contribution in [2.75, 3.05) is 0 Å². The molecule has 0 radical (unpaired) electrons. The number of nitrogens with one attached hydrogen (secondary N) is 1. The van der Waals surface area contributed by atoms with E-state index in [9.17, 15) is 0 Å². The van der Waals surface area contributed by atoms with E-state index in [0.29, 0.717) is 12.1 Å². The smallest absolute Gasteiger partial charge is 0.215 e. The fourth-order valence-corrected chi connectivity index (χ4v) is 0.678. The predicted molar refractivity (Wildman–Crippen MR) is 44.2 cm³/mol. The molecular weight excluding hydrogens is 166 g/mol. The van der Waals surface area contributed by atoms with Gasteiger partial charge in [0.15, 0.2) is 0 Å². The molecule has 0 aromatic carbocycles. The topological polar surface area (TPSA) is 71.2 Å². The lowest BCUT2D eigenvalue weighted by molar-refractivity contribution is 0.443. The molecule has 0 bridgehead atoms. The second kappa shape index (κ2) is 4.90. The van der Waals surface area contributed by atoms with Gasteiger partial charge in [-0.05, 0) is 6.07 Å². The van der Waals surface area contributed by atoms with Crippen molar-refractivity contribution in [1.29, 1.82) is 0 Å². The average molecular weight is 176 g/mol. The molecule has 0 atom stereocenters. The molecule has 1 rings (SSSR count). The fraction of sp³-hybridized carbons (Fsp3) is 0.167. The first-order valence-electron chi connectivity index (χ1n) is 2.91. The maximum absolute atomic E-state index is 9.03. The van der Waals surface area contributed by atoms with Gasteiger partial charge >= 0.3 is 0 Å². The number of rotatable bonds is 2. The average Bonchev–Trinajstić information content (AvgIpc) is 1.94. The zero-order chi connectivity index (χ0) is 7.40. The van der Waals surface area contributed by atoms with Gasteiger partial charge in [-0.2, -0.15) is 0 Å². The molecule has 0 saturated carbocycles. The number of nitrogens with zero attached hydrogens (tertiary/aromatic N) is 1. The van der Waals surface area contributed by atoms with Gasteiger partial charge in [-0.25, -0.2) is 4.98 Å². The Balaban J connectivity index is 0.000001000. The van der Waals surface area contributed by atoms with Crippen LogP contribution < -0.4 is 11.3 Å². The minimum Gasteiger partial charge on any atom is -0.493 e. The van der Waals surface area contributed by atoms with E-state index in [4.69, 9.17) is 10.9 Å². The first-order chi connectivity index (χ1) is 4.84. The second-order valence-electron chi connectivity index (χ2n) is 1.87. The van der Waals surface area contributed by atoms with E-state index >= 15 is 0 Å². The van der Waals surface area contributed by atoms with Crippen LogP contribution in [-0.4, -0.2) is 10.1 Å². The second-order valence-corrected chi connectivity index (χ2v) is 1.87. The van der Waals surface area contributed by atoms with Gasteiger partial charge in [0.1, 0.15) is 0 Å². The molecule has 4 N–H and O–H groups in total. The van der Waals surface area contributed by atoms with Gasteiger partial charge in [-0.3, -0.25) is 11.3 Å². The lowest BCUT2D eigenvalue weighted by Crippen LogP contribution is -2.20. The Kier molecular flexibility index (Phi) is 4.52. The molecule has 4 nitrogen and oxygen atoms in total. The summed E-state index contributed by atoms with van der Waals surface area (Å²) in [7, 11) is 0. The van der Waals surface area contributed by atoms with Crippen LogP contribution in [0.3, 0.4) is 0 Å². The van der Waals surface area contributed by atoms with Crippen molar-refractivity contribution in [3.8, 4) is 5.88 Å². The van der Waals surface area contributed by atoms with Crippen LogP contribution in [0.15, 0.2) is 18.3 Å². The van der Waals surface area contributed by atoms with E-state index in [1.54, 1.807) is 12.1 Å². The molecule has 1 aromatic rings. The molecule has 0 aliphatic heterocycles. The van der Waals surface area contributed by atoms with E-state index in [-0.39, 0.29) is 18.3 Å². The number of halogens is 1. The number of nitrogens with two attached hydrogens (primary N) is 1. The Hall–Kier alpha value is -0.840. The van der Waals surface area contributed by atoms with Crippen LogP contribution in [-0.2, 0) is 6.54 Å². The van der Waals surface area contributed by atoms with Crippen LogP contribution >= 0.6 is 12.4 Å². The Morgan fingerprint density at radius 1 is 1.64 bits per heavy atom. The van der Waals surface area contributed by atoms with Crippen molar-refractivity contribution in [1.82, 2.24) is 10.4 Å². The number of pyridine rings is 1. The van der Waals surface area contributed by atoms with Crippen LogP contribution in [0.1, 0.15) is 5.56 Å². The van der Waals surface area contributed by atoms with Crippen molar-refractivity contribution in [2.45, 2.75) is 6.54 Å². The molecule has 0 aliphatic carbocycles. The van der Waals surface area contributed by atoms with Gasteiger partial charge in [-0.1, -0.05) is 6.07 Å². The maximum atomic E-state index is 9.03. The Labute approximate surface area is 70.8 Å². The summed E-state index contributed by atoms with van der Waals surface area (Å²) < 4.78 is 0. The van der Waals surface area contributed by atoms with Gasteiger partial charge in [0.25, 0.3) is 0 Å². The van der Waals surface area contributed by atoms with Crippen molar-refractivity contribution >= 4 is 12.4 Å². The predicted octanol–water partition coefficient (Wildman–Crippen LogP) is 0.172. The van der Waals surface area contributed by atoms with E-state index in [2.05, 4.69) is 10.4 Å². The number of hydrogen-bond donors (Lipinski definition) is 3. The summed E-state index contributed by atoms with van der Waals surface area (Å²) in [6.07, 6.45) is 1.52. The summed E-state index contributed by atoms with van der Waals surface area (Å²) in [4.78, 5) is 3.66. The SMILES string of the molecule is Cl.NNCc1cccnc1O. The fourth-order valence-electron chi connectivity index (χ4n) is 0.678. The van der Waals surface area contributed by atoms with Crippen molar-refractivity contribution in [3.05, 3.63) is 23.9 Å². The highest BCUT2D eigenvalue weighted by atomic mass is 35.5. The zero-order valence-corrected chi connectivity index (χ0v) is 6.64. The van der Waals surface area contributed by atoms with E-state index in [1.807, 2.05) is 0 Å². The molecule has 0 amide bonds. The molecule has 0 saturated heterocycles. The van der Waals surface area contributed by atoms with Gasteiger partial charge in [0.2, 0.25) is 5.88 Å². The highest BCUT2D eigenvalue weighted by molar-refractivity contribution is 5.85. The molecule has 5 heteroatoms. The highest BCUT2D eigenvalue weighted by Gasteiger charge is 1.96. The molecule has 0 unspecified atom stereocenters. The van der Waals surface area contributed by atoms with Crippen molar-refractivity contribution < 1.29 is 5.11 Å². The summed E-state index contributed by atoms with van der Waals surface area (Å²) in [5.41, 5.74) is 3.12. The minimum absolute atomic E-state index is 0. The summed E-state index contributed by atoms with van der Waals surface area (Å²) in [5.74, 6) is 5.07. The van der Waals surface area contributed by atoms with Crippen LogP contribution in [0.4, 0.5) is 0 Å². The molecule has 0 aliphatic rings. The van der Waals surface area contributed by atoms with Crippen molar-refractivity contribution in [3.63, 3.8) is 0 Å². The monoisotopic (exact) mass is 175 g/mol. The lowest BCUT2D eigenvalue weighted by Gasteiger charge is -1.99. The largest absolute Gasteiger partial charge is 0.493 e. The third-order valence-electron chi connectivity index (χ3n) is 1.16. The van der Waals surface area contributed by atoms with Crippen molar-refractivity contribution in [2.24, 2.45) is 5.84 Å². The normalized spacial score (nSPS) is 8.82. The van der Waals surface area contributed by atoms with E-state index in [1.165, 1.54) is 6.20 Å². The van der Waals surface area contributed by atoms with Crippen LogP contribution in [0.25, 0.3) is 0 Å². The molecule has 62 valence electrons. The van der Waals surface area contributed by atoms with Gasteiger partial charge in [0.05, 0.1) is 0 Å². The molecule has 1 aromatic heterocycles. The number of hydrogen-bond acceptors (Lipinski definition) is 4. The van der Waals surface area contributed by atoms with Gasteiger partial charge in [-0.15, -0.1) is 12.4 Å². The Bertz CT molecular complexity index is 219. The summed E-state index contributed by atoms with van der Waals surface area (Å²) in [6.45, 7) is 0.430. The first-order valence-corrected chi connectivity index (χ1v) is 2.91. The molecule has 1 heterocycles.